The number of carboxylic acids is 1. The van der Waals surface area contributed by atoms with E-state index in [2.05, 4.69) is 16.0 Å². The van der Waals surface area contributed by atoms with Gasteiger partial charge in [0.15, 0.2) is 0 Å². The number of primary amides is 1. The van der Waals surface area contributed by atoms with Crippen LogP contribution in [0.25, 0.3) is 0 Å². The minimum absolute atomic E-state index is 0.578. The van der Waals surface area contributed by atoms with Crippen molar-refractivity contribution >= 4 is 41.4 Å². The molecule has 13 nitrogen and oxygen atoms in total. The maximum atomic E-state index is 12.1. The number of nitrogens with two attached hydrogens (primary N) is 1. The van der Waals surface area contributed by atoms with Crippen LogP contribution in [0.1, 0.15) is 20.3 Å². The lowest BCUT2D eigenvalue weighted by Crippen LogP contribution is -2.55. The van der Waals surface area contributed by atoms with E-state index in [9.17, 15) is 33.6 Å². The molecular formula is C16H21N5O8. The lowest BCUT2D eigenvalue weighted by Gasteiger charge is -2.21. The second-order valence-corrected chi connectivity index (χ2v) is 6.19. The van der Waals surface area contributed by atoms with Gasteiger partial charge in [0.1, 0.15) is 24.7 Å². The molecule has 0 aromatic rings. The summed E-state index contributed by atoms with van der Waals surface area (Å²) in [6.07, 6.45) is 1.39. The Bertz CT molecular complexity index is 759. The first-order valence-electron chi connectivity index (χ1n) is 8.37. The quantitative estimate of drug-likeness (QED) is 0.226. The highest BCUT2D eigenvalue weighted by Crippen LogP contribution is 2.02. The van der Waals surface area contributed by atoms with Gasteiger partial charge in [-0.3, -0.25) is 33.7 Å². The predicted molar refractivity (Wildman–Crippen MR) is 94.4 cm³/mol. The Morgan fingerprint density at radius 1 is 0.966 bits per heavy atom. The van der Waals surface area contributed by atoms with Crippen molar-refractivity contribution in [2.75, 3.05) is 6.54 Å². The standard InChI is InChI=1S/C16H21N5O8/c1-7(18-11(23)6-21-12(24)3-4-13(21)25)14(26)19-8(2)15(27)20-9(16(28)29)5-10(17)22/h3-4,7-9H,5-6H2,1-2H3,(H2,17,22)(H,18,23)(H,19,26)(H,20,27)(H,28,29). The van der Waals surface area contributed by atoms with E-state index in [0.29, 0.717) is 4.90 Å². The van der Waals surface area contributed by atoms with Gasteiger partial charge in [-0.2, -0.15) is 0 Å². The Balaban J connectivity index is 2.53. The van der Waals surface area contributed by atoms with Crippen LogP contribution < -0.4 is 21.7 Å². The van der Waals surface area contributed by atoms with Gasteiger partial charge in [-0.15, -0.1) is 0 Å². The van der Waals surface area contributed by atoms with Gasteiger partial charge in [0.2, 0.25) is 23.6 Å². The molecular weight excluding hydrogens is 390 g/mol. The SMILES string of the molecule is CC(NC(=O)CN1C(=O)C=CC1=O)C(=O)NC(C)C(=O)NC(CC(N)=O)C(=O)O. The number of carbonyl (C=O) groups is 7. The third-order valence-electron chi connectivity index (χ3n) is 3.74. The molecule has 0 radical (unpaired) electrons. The Kier molecular flexibility index (Phi) is 7.99. The molecule has 0 aliphatic carbocycles. The molecule has 0 saturated heterocycles. The zero-order chi connectivity index (χ0) is 22.3. The normalized spacial score (nSPS) is 16.0. The first-order valence-corrected chi connectivity index (χ1v) is 8.37. The van der Waals surface area contributed by atoms with E-state index in [0.717, 1.165) is 12.2 Å². The van der Waals surface area contributed by atoms with Crippen molar-refractivity contribution < 1.29 is 38.7 Å². The summed E-state index contributed by atoms with van der Waals surface area (Å²) in [6, 6.07) is -3.87. The van der Waals surface area contributed by atoms with Crippen LogP contribution in [0.2, 0.25) is 0 Å². The minimum atomic E-state index is -1.55. The molecule has 6 N–H and O–H groups in total. The molecule has 158 valence electrons. The molecule has 0 spiro atoms. The summed E-state index contributed by atoms with van der Waals surface area (Å²) in [6.45, 7) is 1.99. The zero-order valence-corrected chi connectivity index (χ0v) is 15.6. The van der Waals surface area contributed by atoms with Crippen molar-refractivity contribution in [2.45, 2.75) is 38.4 Å². The number of carboxylic acid groups (broad SMARTS) is 1. The third kappa shape index (κ3) is 7.04. The van der Waals surface area contributed by atoms with Crippen LogP contribution in [-0.2, 0) is 33.6 Å². The molecule has 13 heteroatoms. The van der Waals surface area contributed by atoms with Crippen LogP contribution in [0.5, 0.6) is 0 Å². The van der Waals surface area contributed by atoms with Crippen molar-refractivity contribution in [1.82, 2.24) is 20.9 Å². The number of aliphatic carboxylic acids is 1. The molecule has 3 atom stereocenters. The van der Waals surface area contributed by atoms with Crippen LogP contribution >= 0.6 is 0 Å². The Morgan fingerprint density at radius 2 is 1.45 bits per heavy atom. The van der Waals surface area contributed by atoms with E-state index >= 15 is 0 Å². The van der Waals surface area contributed by atoms with Crippen molar-refractivity contribution in [3.8, 4) is 0 Å². The zero-order valence-electron chi connectivity index (χ0n) is 15.6. The summed E-state index contributed by atoms with van der Waals surface area (Å²) in [5, 5.41) is 15.5. The second kappa shape index (κ2) is 9.96. The van der Waals surface area contributed by atoms with Crippen LogP contribution in [0, 0.1) is 0 Å². The Hall–Kier alpha value is -3.77. The molecule has 1 aliphatic rings. The van der Waals surface area contributed by atoms with E-state index in [1.807, 2.05) is 0 Å². The second-order valence-electron chi connectivity index (χ2n) is 6.19. The highest BCUT2D eigenvalue weighted by molar-refractivity contribution is 6.14. The molecule has 1 aliphatic heterocycles. The molecule has 1 heterocycles. The van der Waals surface area contributed by atoms with Crippen LogP contribution in [0.15, 0.2) is 12.2 Å². The smallest absolute Gasteiger partial charge is 0.326 e. The Labute approximate surface area is 164 Å². The topological polar surface area (TPSA) is 205 Å². The Morgan fingerprint density at radius 3 is 1.93 bits per heavy atom. The molecule has 29 heavy (non-hydrogen) atoms. The van der Waals surface area contributed by atoms with Crippen LogP contribution in [0.4, 0.5) is 0 Å². The van der Waals surface area contributed by atoms with Gasteiger partial charge in [-0.25, -0.2) is 4.79 Å². The van der Waals surface area contributed by atoms with Gasteiger partial charge in [0.05, 0.1) is 6.42 Å². The lowest BCUT2D eigenvalue weighted by atomic mass is 10.1. The molecule has 1 rings (SSSR count). The van der Waals surface area contributed by atoms with Crippen molar-refractivity contribution in [1.29, 1.82) is 0 Å². The fourth-order valence-electron chi connectivity index (χ4n) is 2.19. The number of imide groups is 1. The number of hydrogen-bond donors (Lipinski definition) is 5. The van der Waals surface area contributed by atoms with Crippen LogP contribution in [0.3, 0.4) is 0 Å². The first kappa shape index (κ1) is 23.3. The highest BCUT2D eigenvalue weighted by Gasteiger charge is 2.28. The monoisotopic (exact) mass is 411 g/mol. The number of rotatable bonds is 10. The molecule has 6 amide bonds. The molecule has 0 aromatic carbocycles. The average Bonchev–Trinajstić information content (AvgIpc) is 2.92. The first-order chi connectivity index (χ1) is 13.4. The minimum Gasteiger partial charge on any atom is -0.480 e. The largest absolute Gasteiger partial charge is 0.480 e. The average molecular weight is 411 g/mol. The summed E-state index contributed by atoms with van der Waals surface area (Å²) < 4.78 is 0. The maximum absolute atomic E-state index is 12.1. The molecule has 0 bridgehead atoms. The van der Waals surface area contributed by atoms with Gasteiger partial charge < -0.3 is 26.8 Å². The summed E-state index contributed by atoms with van der Waals surface area (Å²) >= 11 is 0. The van der Waals surface area contributed by atoms with E-state index < -0.39 is 72.5 Å². The van der Waals surface area contributed by atoms with Crippen molar-refractivity contribution in [3.63, 3.8) is 0 Å². The maximum Gasteiger partial charge on any atom is 0.326 e. The lowest BCUT2D eigenvalue weighted by molar-refractivity contribution is -0.143. The van der Waals surface area contributed by atoms with Crippen LogP contribution in [-0.4, -0.2) is 76.1 Å². The van der Waals surface area contributed by atoms with Gasteiger partial charge in [-0.1, -0.05) is 0 Å². The number of amides is 6. The summed E-state index contributed by atoms with van der Waals surface area (Å²) in [5.74, 6) is -6.16. The van der Waals surface area contributed by atoms with Gasteiger partial charge >= 0.3 is 5.97 Å². The third-order valence-corrected chi connectivity index (χ3v) is 3.74. The number of hydrogen-bond acceptors (Lipinski definition) is 7. The van der Waals surface area contributed by atoms with E-state index in [4.69, 9.17) is 10.8 Å². The van der Waals surface area contributed by atoms with E-state index in [-0.39, 0.29) is 0 Å². The van der Waals surface area contributed by atoms with Gasteiger partial charge in [0, 0.05) is 12.2 Å². The predicted octanol–water partition coefficient (Wildman–Crippen LogP) is -3.63. The number of nitrogens with one attached hydrogen (secondary N) is 3. The van der Waals surface area contributed by atoms with E-state index in [1.165, 1.54) is 13.8 Å². The number of nitrogens with zero attached hydrogens (tertiary/aromatic N) is 1. The van der Waals surface area contributed by atoms with Crippen molar-refractivity contribution in [2.24, 2.45) is 5.73 Å². The summed E-state index contributed by atoms with van der Waals surface area (Å²) in [5.41, 5.74) is 4.91. The fourth-order valence-corrected chi connectivity index (χ4v) is 2.19. The molecule has 0 fully saturated rings. The van der Waals surface area contributed by atoms with E-state index in [1.54, 1.807) is 0 Å². The molecule has 0 aromatic heterocycles. The summed E-state index contributed by atoms with van der Waals surface area (Å²) in [4.78, 5) is 81.4. The highest BCUT2D eigenvalue weighted by atomic mass is 16.4. The molecule has 0 saturated carbocycles. The number of carbonyl (C=O) groups excluding carboxylic acids is 6. The fraction of sp³-hybridized carbons (Fsp3) is 0.438. The molecule has 3 unspecified atom stereocenters. The summed E-state index contributed by atoms with van der Waals surface area (Å²) in [7, 11) is 0. The van der Waals surface area contributed by atoms with Gasteiger partial charge in [-0.05, 0) is 13.8 Å². The van der Waals surface area contributed by atoms with Gasteiger partial charge in [0.25, 0.3) is 11.8 Å². The van der Waals surface area contributed by atoms with Crippen molar-refractivity contribution in [3.05, 3.63) is 12.2 Å².